The van der Waals surface area contributed by atoms with Crippen LogP contribution in [0.1, 0.15) is 19.4 Å². The maximum Gasteiger partial charge on any atom is 0.248 e. The van der Waals surface area contributed by atoms with Gasteiger partial charge in [0.1, 0.15) is 0 Å². The Morgan fingerprint density at radius 3 is 2.52 bits per heavy atom. The van der Waals surface area contributed by atoms with Crippen LogP contribution >= 0.6 is 0 Å². The summed E-state index contributed by atoms with van der Waals surface area (Å²) in [7, 11) is 0. The molecule has 0 aromatic heterocycles. The van der Waals surface area contributed by atoms with E-state index in [4.69, 9.17) is 9.47 Å². The molecule has 1 N–H and O–H groups in total. The molecule has 0 saturated carbocycles. The number of benzene rings is 2. The highest BCUT2D eigenvalue weighted by molar-refractivity contribution is 6.02. The molecular weight excluding hydrogens is 316 g/mol. The predicted molar refractivity (Wildman–Crippen MR) is 100 cm³/mol. The van der Waals surface area contributed by atoms with Crippen LogP contribution in [-0.2, 0) is 4.79 Å². The van der Waals surface area contributed by atoms with Gasteiger partial charge in [0, 0.05) is 30.5 Å². The summed E-state index contributed by atoms with van der Waals surface area (Å²) < 4.78 is 10.6. The molecule has 5 heteroatoms. The fourth-order valence-electron chi connectivity index (χ4n) is 2.72. The van der Waals surface area contributed by atoms with Gasteiger partial charge in [-0.25, -0.2) is 0 Å². The average molecular weight is 338 g/mol. The molecular formula is C20H22N2O3. The first-order valence-electron chi connectivity index (χ1n) is 8.43. The highest BCUT2D eigenvalue weighted by Crippen LogP contribution is 2.32. The zero-order chi connectivity index (χ0) is 17.6. The van der Waals surface area contributed by atoms with E-state index in [1.807, 2.05) is 42.5 Å². The summed E-state index contributed by atoms with van der Waals surface area (Å²) in [6.07, 6.45) is 3.26. The van der Waals surface area contributed by atoms with Gasteiger partial charge in [0.15, 0.2) is 11.5 Å². The van der Waals surface area contributed by atoms with E-state index < -0.39 is 0 Å². The number of nitrogens with zero attached hydrogens (tertiary/aromatic N) is 1. The maximum atomic E-state index is 12.1. The van der Waals surface area contributed by atoms with Gasteiger partial charge in [-0.2, -0.15) is 0 Å². The zero-order valence-corrected chi connectivity index (χ0v) is 14.5. The van der Waals surface area contributed by atoms with E-state index in [0.29, 0.717) is 5.75 Å². The number of carbonyl (C=O) groups excluding carboxylic acids is 1. The summed E-state index contributed by atoms with van der Waals surface area (Å²) in [6, 6.07) is 13.4. The molecule has 0 radical (unpaired) electrons. The van der Waals surface area contributed by atoms with Crippen LogP contribution in [0.2, 0.25) is 0 Å². The number of nitrogens with one attached hydrogen (secondary N) is 1. The maximum absolute atomic E-state index is 12.1. The summed E-state index contributed by atoms with van der Waals surface area (Å²) in [4.78, 5) is 14.3. The molecule has 0 spiro atoms. The number of hydrogen-bond donors (Lipinski definition) is 1. The number of carbonyl (C=O) groups is 1. The fourth-order valence-corrected chi connectivity index (χ4v) is 2.72. The van der Waals surface area contributed by atoms with Crippen LogP contribution in [0, 0.1) is 0 Å². The number of anilines is 2. The Morgan fingerprint density at radius 1 is 1.08 bits per heavy atom. The number of rotatable bonds is 6. The summed E-state index contributed by atoms with van der Waals surface area (Å²) in [5.74, 6) is 1.26. The topological polar surface area (TPSA) is 50.8 Å². The van der Waals surface area contributed by atoms with Crippen LogP contribution in [0.4, 0.5) is 11.4 Å². The summed E-state index contributed by atoms with van der Waals surface area (Å²) in [6.45, 7) is 6.41. The van der Waals surface area contributed by atoms with E-state index in [2.05, 4.69) is 24.1 Å². The third kappa shape index (κ3) is 4.12. The van der Waals surface area contributed by atoms with Crippen molar-refractivity contribution in [3.05, 3.63) is 54.1 Å². The molecule has 0 fully saturated rings. The standard InChI is InChI=1S/C20H22N2O3/c1-3-22(4-2)17-9-7-16(8-10-17)21-20(23)12-6-15-5-11-18-19(13-15)25-14-24-18/h5-13H,3-4,14H2,1-2H3,(H,21,23). The van der Waals surface area contributed by atoms with Crippen LogP contribution in [0.15, 0.2) is 48.5 Å². The normalized spacial score (nSPS) is 12.4. The molecule has 2 aromatic rings. The molecule has 1 aliphatic rings. The SMILES string of the molecule is CCN(CC)c1ccc(NC(=O)C=Cc2ccc3c(c2)OCO3)cc1. The van der Waals surface area contributed by atoms with Gasteiger partial charge in [0.25, 0.3) is 0 Å². The van der Waals surface area contributed by atoms with Crippen molar-refractivity contribution < 1.29 is 14.3 Å². The first kappa shape index (κ1) is 16.9. The fraction of sp³-hybridized carbons (Fsp3) is 0.250. The molecule has 25 heavy (non-hydrogen) atoms. The third-order valence-corrected chi connectivity index (χ3v) is 4.09. The molecule has 1 amide bonds. The molecule has 0 saturated heterocycles. The lowest BCUT2D eigenvalue weighted by Gasteiger charge is -2.21. The number of fused-ring (bicyclic) bond motifs is 1. The minimum atomic E-state index is -0.173. The lowest BCUT2D eigenvalue weighted by atomic mass is 10.2. The predicted octanol–water partition coefficient (Wildman–Crippen LogP) is 3.91. The Balaban J connectivity index is 1.60. The van der Waals surface area contributed by atoms with Crippen molar-refractivity contribution in [3.8, 4) is 11.5 Å². The van der Waals surface area contributed by atoms with Gasteiger partial charge >= 0.3 is 0 Å². The van der Waals surface area contributed by atoms with Crippen molar-refractivity contribution in [1.29, 1.82) is 0 Å². The minimum Gasteiger partial charge on any atom is -0.454 e. The molecule has 0 unspecified atom stereocenters. The van der Waals surface area contributed by atoms with E-state index in [1.54, 1.807) is 6.08 Å². The zero-order valence-electron chi connectivity index (χ0n) is 14.5. The molecule has 130 valence electrons. The van der Waals surface area contributed by atoms with Crippen molar-refractivity contribution in [2.24, 2.45) is 0 Å². The second kappa shape index (κ2) is 7.75. The summed E-state index contributed by atoms with van der Waals surface area (Å²) >= 11 is 0. The lowest BCUT2D eigenvalue weighted by molar-refractivity contribution is -0.111. The number of amides is 1. The Hall–Kier alpha value is -2.95. The summed E-state index contributed by atoms with van der Waals surface area (Å²) in [5, 5.41) is 2.87. The van der Waals surface area contributed by atoms with Gasteiger partial charge < -0.3 is 19.7 Å². The molecule has 1 aliphatic heterocycles. The Kier molecular flexibility index (Phi) is 5.23. The highest BCUT2D eigenvalue weighted by Gasteiger charge is 2.12. The van der Waals surface area contributed by atoms with Gasteiger partial charge in [-0.05, 0) is 61.9 Å². The van der Waals surface area contributed by atoms with Gasteiger partial charge in [-0.15, -0.1) is 0 Å². The Bertz CT molecular complexity index is 765. The molecule has 0 aliphatic carbocycles. The molecule has 0 atom stereocenters. The van der Waals surface area contributed by atoms with Crippen molar-refractivity contribution in [3.63, 3.8) is 0 Å². The van der Waals surface area contributed by atoms with Crippen molar-refractivity contribution in [1.82, 2.24) is 0 Å². The van der Waals surface area contributed by atoms with Crippen molar-refractivity contribution >= 4 is 23.4 Å². The van der Waals surface area contributed by atoms with E-state index in [-0.39, 0.29) is 12.7 Å². The lowest BCUT2D eigenvalue weighted by Crippen LogP contribution is -2.21. The van der Waals surface area contributed by atoms with Crippen LogP contribution in [0.5, 0.6) is 11.5 Å². The van der Waals surface area contributed by atoms with E-state index in [0.717, 1.165) is 35.8 Å². The van der Waals surface area contributed by atoms with Crippen LogP contribution < -0.4 is 19.7 Å². The van der Waals surface area contributed by atoms with Crippen LogP contribution in [0.3, 0.4) is 0 Å². The monoisotopic (exact) mass is 338 g/mol. The Morgan fingerprint density at radius 2 is 1.80 bits per heavy atom. The van der Waals surface area contributed by atoms with Crippen LogP contribution in [-0.4, -0.2) is 25.8 Å². The van der Waals surface area contributed by atoms with E-state index in [1.165, 1.54) is 6.08 Å². The average Bonchev–Trinajstić information content (AvgIpc) is 3.10. The first-order chi connectivity index (χ1) is 12.2. The molecule has 3 rings (SSSR count). The smallest absolute Gasteiger partial charge is 0.248 e. The van der Waals surface area contributed by atoms with Gasteiger partial charge in [-0.1, -0.05) is 6.07 Å². The second-order valence-corrected chi connectivity index (χ2v) is 5.65. The number of ether oxygens (including phenoxy) is 2. The molecule has 2 aromatic carbocycles. The van der Waals surface area contributed by atoms with E-state index in [9.17, 15) is 4.79 Å². The highest BCUT2D eigenvalue weighted by atomic mass is 16.7. The summed E-state index contributed by atoms with van der Waals surface area (Å²) in [5.41, 5.74) is 2.81. The second-order valence-electron chi connectivity index (χ2n) is 5.65. The number of hydrogen-bond acceptors (Lipinski definition) is 4. The molecule has 0 bridgehead atoms. The third-order valence-electron chi connectivity index (χ3n) is 4.09. The van der Waals surface area contributed by atoms with Gasteiger partial charge in [-0.3, -0.25) is 4.79 Å². The van der Waals surface area contributed by atoms with Gasteiger partial charge in [0.2, 0.25) is 12.7 Å². The van der Waals surface area contributed by atoms with Crippen molar-refractivity contribution in [2.75, 3.05) is 30.1 Å². The minimum absolute atomic E-state index is 0.173. The first-order valence-corrected chi connectivity index (χ1v) is 8.43. The largest absolute Gasteiger partial charge is 0.454 e. The van der Waals surface area contributed by atoms with Gasteiger partial charge in [0.05, 0.1) is 0 Å². The quantitative estimate of drug-likeness (QED) is 0.811. The Labute approximate surface area is 147 Å². The van der Waals surface area contributed by atoms with E-state index >= 15 is 0 Å². The van der Waals surface area contributed by atoms with Crippen molar-refractivity contribution in [2.45, 2.75) is 13.8 Å². The molecule has 1 heterocycles. The molecule has 5 nitrogen and oxygen atoms in total. The van der Waals surface area contributed by atoms with Crippen LogP contribution in [0.25, 0.3) is 6.08 Å².